The number of likely N-dealkylation sites (tertiary alicyclic amines) is 1. The van der Waals surface area contributed by atoms with Crippen LogP contribution in [0.25, 0.3) is 0 Å². The van der Waals surface area contributed by atoms with Gasteiger partial charge in [0.25, 0.3) is 0 Å². The van der Waals surface area contributed by atoms with Crippen molar-refractivity contribution in [2.75, 3.05) is 31.1 Å². The highest BCUT2D eigenvalue weighted by Gasteiger charge is 2.37. The van der Waals surface area contributed by atoms with Crippen LogP contribution in [-0.2, 0) is 9.59 Å². The Morgan fingerprint density at radius 3 is 2.52 bits per heavy atom. The van der Waals surface area contributed by atoms with Gasteiger partial charge in [-0.25, -0.2) is 0 Å². The fourth-order valence-electron chi connectivity index (χ4n) is 3.55. The van der Waals surface area contributed by atoms with Crippen LogP contribution in [0.3, 0.4) is 0 Å². The maximum absolute atomic E-state index is 12.7. The zero-order valence-corrected chi connectivity index (χ0v) is 15.2. The Kier molecular flexibility index (Phi) is 5.61. The topological polar surface area (TPSA) is 49.9 Å². The molecule has 2 amide bonds. The number of hydrogen-bond acceptors (Lipinski definition) is 3. The molecule has 0 radical (unpaired) electrons. The number of ether oxygens (including phenoxy) is 1. The Morgan fingerprint density at radius 2 is 1.88 bits per heavy atom. The molecule has 0 aliphatic carbocycles. The Labute approximate surface area is 149 Å². The lowest BCUT2D eigenvalue weighted by Gasteiger charge is -2.32. The van der Waals surface area contributed by atoms with E-state index in [1.54, 1.807) is 4.90 Å². The van der Waals surface area contributed by atoms with Crippen LogP contribution in [0.5, 0.6) is 5.75 Å². The molecule has 0 spiro atoms. The third kappa shape index (κ3) is 4.14. The summed E-state index contributed by atoms with van der Waals surface area (Å²) in [6, 6.07) is 7.58. The van der Waals surface area contributed by atoms with Crippen molar-refractivity contribution in [3.05, 3.63) is 24.3 Å². The normalized spacial score (nSPS) is 21.7. The summed E-state index contributed by atoms with van der Waals surface area (Å²) in [5.74, 6) is 1.47. The molecule has 2 aliphatic heterocycles. The molecule has 0 bridgehead atoms. The molecule has 0 aromatic heterocycles. The smallest absolute Gasteiger partial charge is 0.228 e. The predicted octanol–water partition coefficient (Wildman–Crippen LogP) is 3.09. The van der Waals surface area contributed by atoms with Crippen molar-refractivity contribution in [3.8, 4) is 5.75 Å². The maximum atomic E-state index is 12.7. The summed E-state index contributed by atoms with van der Waals surface area (Å²) >= 11 is 0. The van der Waals surface area contributed by atoms with Gasteiger partial charge >= 0.3 is 0 Å². The van der Waals surface area contributed by atoms with Crippen molar-refractivity contribution in [3.63, 3.8) is 0 Å². The Morgan fingerprint density at radius 1 is 1.20 bits per heavy atom. The molecule has 0 saturated carbocycles. The number of hydrogen-bond donors (Lipinski definition) is 0. The summed E-state index contributed by atoms with van der Waals surface area (Å²) in [4.78, 5) is 28.8. The number of nitrogens with zero attached hydrogens (tertiary/aromatic N) is 2. The molecular weight excluding hydrogens is 316 g/mol. The highest BCUT2D eigenvalue weighted by Crippen LogP contribution is 2.29. The number of carbonyl (C=O) groups is 2. The molecule has 2 heterocycles. The quantitative estimate of drug-likeness (QED) is 0.825. The first-order chi connectivity index (χ1) is 12.1. The van der Waals surface area contributed by atoms with E-state index in [9.17, 15) is 9.59 Å². The largest absolute Gasteiger partial charge is 0.494 e. The van der Waals surface area contributed by atoms with Gasteiger partial charge in [-0.1, -0.05) is 13.8 Å². The van der Waals surface area contributed by atoms with E-state index < -0.39 is 0 Å². The Bertz CT molecular complexity index is 606. The van der Waals surface area contributed by atoms with Gasteiger partial charge in [0.2, 0.25) is 11.8 Å². The fraction of sp³-hybridized carbons (Fsp3) is 0.600. The van der Waals surface area contributed by atoms with Gasteiger partial charge in [-0.2, -0.15) is 0 Å². The molecule has 1 aromatic carbocycles. The van der Waals surface area contributed by atoms with Gasteiger partial charge in [0, 0.05) is 31.7 Å². The molecule has 1 atom stereocenters. The standard InChI is InChI=1S/C20H28N2O3/c1-3-12-25-18-6-4-17(5-7-18)22-14-16(13-19(22)23)20(24)21-10-8-15(2)9-11-21/h4-7,15-16H,3,8-14H2,1-2H3/t16-/m1/s1. The first kappa shape index (κ1) is 17.8. The van der Waals surface area contributed by atoms with E-state index in [4.69, 9.17) is 4.74 Å². The molecule has 25 heavy (non-hydrogen) atoms. The average Bonchev–Trinajstić information content (AvgIpc) is 3.02. The molecule has 2 aliphatic rings. The molecule has 2 saturated heterocycles. The maximum Gasteiger partial charge on any atom is 0.228 e. The van der Waals surface area contributed by atoms with E-state index in [1.807, 2.05) is 29.2 Å². The molecule has 136 valence electrons. The Balaban J connectivity index is 1.61. The van der Waals surface area contributed by atoms with E-state index in [0.29, 0.717) is 25.5 Å². The molecule has 5 nitrogen and oxygen atoms in total. The number of benzene rings is 1. The molecule has 0 unspecified atom stereocenters. The van der Waals surface area contributed by atoms with Gasteiger partial charge in [0.15, 0.2) is 0 Å². The average molecular weight is 344 g/mol. The second kappa shape index (κ2) is 7.89. The summed E-state index contributed by atoms with van der Waals surface area (Å²) in [5, 5.41) is 0. The van der Waals surface area contributed by atoms with E-state index in [0.717, 1.165) is 43.8 Å². The molecule has 3 rings (SSSR count). The van der Waals surface area contributed by atoms with Gasteiger partial charge in [0.05, 0.1) is 12.5 Å². The van der Waals surface area contributed by atoms with E-state index >= 15 is 0 Å². The predicted molar refractivity (Wildman–Crippen MR) is 97.7 cm³/mol. The molecule has 0 N–H and O–H groups in total. The molecule has 5 heteroatoms. The summed E-state index contributed by atoms with van der Waals surface area (Å²) in [6.45, 7) is 7.13. The number of carbonyl (C=O) groups excluding carboxylic acids is 2. The van der Waals surface area contributed by atoms with Crippen molar-refractivity contribution >= 4 is 17.5 Å². The molecular formula is C20H28N2O3. The van der Waals surface area contributed by atoms with Gasteiger partial charge in [-0.05, 0) is 49.4 Å². The lowest BCUT2D eigenvalue weighted by Crippen LogP contribution is -2.42. The lowest BCUT2D eigenvalue weighted by molar-refractivity contribution is -0.137. The van der Waals surface area contributed by atoms with Crippen molar-refractivity contribution in [1.82, 2.24) is 4.90 Å². The van der Waals surface area contributed by atoms with Crippen LogP contribution in [-0.4, -0.2) is 43.0 Å². The van der Waals surface area contributed by atoms with E-state index in [2.05, 4.69) is 13.8 Å². The SMILES string of the molecule is CCCOc1ccc(N2C[C@H](C(=O)N3CCC(C)CC3)CC2=O)cc1. The van der Waals surface area contributed by atoms with Crippen LogP contribution in [0.1, 0.15) is 39.5 Å². The third-order valence-electron chi connectivity index (χ3n) is 5.19. The second-order valence-electron chi connectivity index (χ2n) is 7.26. The fourth-order valence-corrected chi connectivity index (χ4v) is 3.55. The summed E-state index contributed by atoms with van der Waals surface area (Å²) in [7, 11) is 0. The van der Waals surface area contributed by atoms with Crippen molar-refractivity contribution in [2.45, 2.75) is 39.5 Å². The van der Waals surface area contributed by atoms with Crippen LogP contribution in [0.4, 0.5) is 5.69 Å². The first-order valence-corrected chi connectivity index (χ1v) is 9.40. The van der Waals surface area contributed by atoms with Gasteiger partial charge in [-0.15, -0.1) is 0 Å². The summed E-state index contributed by atoms with van der Waals surface area (Å²) in [6.07, 6.45) is 3.41. The van der Waals surface area contributed by atoms with Gasteiger partial charge in [-0.3, -0.25) is 9.59 Å². The van der Waals surface area contributed by atoms with E-state index in [1.165, 1.54) is 0 Å². The first-order valence-electron chi connectivity index (χ1n) is 9.40. The molecule has 1 aromatic rings. The van der Waals surface area contributed by atoms with Crippen LogP contribution in [0.15, 0.2) is 24.3 Å². The summed E-state index contributed by atoms with van der Waals surface area (Å²) in [5.41, 5.74) is 0.844. The minimum absolute atomic E-state index is 0.0333. The van der Waals surface area contributed by atoms with Gasteiger partial charge in [0.1, 0.15) is 5.75 Å². The Hall–Kier alpha value is -2.04. The number of rotatable bonds is 5. The summed E-state index contributed by atoms with van der Waals surface area (Å²) < 4.78 is 5.58. The number of anilines is 1. The van der Waals surface area contributed by atoms with Crippen LogP contribution < -0.4 is 9.64 Å². The zero-order chi connectivity index (χ0) is 17.8. The highest BCUT2D eigenvalue weighted by molar-refractivity contribution is 6.00. The minimum Gasteiger partial charge on any atom is -0.494 e. The monoisotopic (exact) mass is 344 g/mol. The van der Waals surface area contributed by atoms with Crippen molar-refractivity contribution in [1.29, 1.82) is 0 Å². The minimum atomic E-state index is -0.211. The number of amides is 2. The van der Waals surface area contributed by atoms with Crippen LogP contribution >= 0.6 is 0 Å². The van der Waals surface area contributed by atoms with E-state index in [-0.39, 0.29) is 17.7 Å². The van der Waals surface area contributed by atoms with Crippen molar-refractivity contribution < 1.29 is 14.3 Å². The van der Waals surface area contributed by atoms with Crippen LogP contribution in [0, 0.1) is 11.8 Å². The van der Waals surface area contributed by atoms with Crippen LogP contribution in [0.2, 0.25) is 0 Å². The lowest BCUT2D eigenvalue weighted by atomic mass is 9.97. The number of piperidine rings is 1. The second-order valence-corrected chi connectivity index (χ2v) is 7.26. The molecule has 2 fully saturated rings. The highest BCUT2D eigenvalue weighted by atomic mass is 16.5. The zero-order valence-electron chi connectivity index (χ0n) is 15.2. The third-order valence-corrected chi connectivity index (χ3v) is 5.19. The van der Waals surface area contributed by atoms with Crippen molar-refractivity contribution in [2.24, 2.45) is 11.8 Å². The van der Waals surface area contributed by atoms with Gasteiger partial charge < -0.3 is 14.5 Å².